The van der Waals surface area contributed by atoms with Crippen LogP contribution in [-0.4, -0.2) is 26.7 Å². The summed E-state index contributed by atoms with van der Waals surface area (Å²) in [5.41, 5.74) is 6.36. The molecule has 0 fully saturated rings. The fourth-order valence-electron chi connectivity index (χ4n) is 1.71. The van der Waals surface area contributed by atoms with Gasteiger partial charge in [-0.25, -0.2) is 0 Å². The van der Waals surface area contributed by atoms with E-state index >= 15 is 0 Å². The number of ether oxygens (including phenoxy) is 2. The van der Waals surface area contributed by atoms with Gasteiger partial charge in [-0.3, -0.25) is 4.79 Å². The van der Waals surface area contributed by atoms with Gasteiger partial charge in [0, 0.05) is 13.0 Å². The fourth-order valence-corrected chi connectivity index (χ4v) is 1.71. The molecule has 0 aromatic heterocycles. The highest BCUT2D eigenvalue weighted by atomic mass is 16.5. The summed E-state index contributed by atoms with van der Waals surface area (Å²) in [6.45, 7) is 1.12. The van der Waals surface area contributed by atoms with Gasteiger partial charge in [0.25, 0.3) is 0 Å². The van der Waals surface area contributed by atoms with E-state index in [4.69, 9.17) is 15.2 Å². The minimum absolute atomic E-state index is 0.0447. The highest BCUT2D eigenvalue weighted by Gasteiger charge is 2.06. The summed E-state index contributed by atoms with van der Waals surface area (Å²) in [6, 6.07) is 5.59. The number of benzene rings is 1. The SMILES string of the molecule is COc1ccc(CNC(=O)CCCCN)cc1OC. The Kier molecular flexibility index (Phi) is 6.74. The minimum Gasteiger partial charge on any atom is -0.493 e. The van der Waals surface area contributed by atoms with Gasteiger partial charge in [-0.15, -0.1) is 0 Å². The van der Waals surface area contributed by atoms with Crippen LogP contribution in [0.1, 0.15) is 24.8 Å². The average Bonchev–Trinajstić information content (AvgIpc) is 2.45. The van der Waals surface area contributed by atoms with E-state index in [0.717, 1.165) is 18.4 Å². The van der Waals surface area contributed by atoms with Crippen LogP contribution in [0.25, 0.3) is 0 Å². The van der Waals surface area contributed by atoms with Crippen LogP contribution in [0.3, 0.4) is 0 Å². The molecule has 3 N–H and O–H groups in total. The first-order valence-corrected chi connectivity index (χ1v) is 6.39. The highest BCUT2D eigenvalue weighted by Crippen LogP contribution is 2.27. The standard InChI is InChI=1S/C14H22N2O3/c1-18-12-7-6-11(9-13(12)19-2)10-16-14(17)5-3-4-8-15/h6-7,9H,3-5,8,10,15H2,1-2H3,(H,16,17). The Morgan fingerprint density at radius 3 is 2.58 bits per heavy atom. The lowest BCUT2D eigenvalue weighted by molar-refractivity contribution is -0.121. The number of hydrogen-bond donors (Lipinski definition) is 2. The van der Waals surface area contributed by atoms with Gasteiger partial charge in [-0.05, 0) is 37.1 Å². The molecule has 1 aromatic rings. The Morgan fingerprint density at radius 1 is 1.21 bits per heavy atom. The summed E-state index contributed by atoms with van der Waals surface area (Å²) in [6.07, 6.45) is 2.22. The third-order valence-electron chi connectivity index (χ3n) is 2.80. The summed E-state index contributed by atoms with van der Waals surface area (Å²) in [4.78, 5) is 11.6. The van der Waals surface area contributed by atoms with Crippen molar-refractivity contribution in [1.82, 2.24) is 5.32 Å². The van der Waals surface area contributed by atoms with Gasteiger partial charge in [-0.1, -0.05) is 6.07 Å². The Bertz CT molecular complexity index is 408. The highest BCUT2D eigenvalue weighted by molar-refractivity contribution is 5.75. The number of nitrogens with one attached hydrogen (secondary N) is 1. The number of nitrogens with two attached hydrogens (primary N) is 1. The molecule has 5 heteroatoms. The molecule has 5 nitrogen and oxygen atoms in total. The van der Waals surface area contributed by atoms with Crippen molar-refractivity contribution in [3.05, 3.63) is 23.8 Å². The summed E-state index contributed by atoms with van der Waals surface area (Å²) < 4.78 is 10.4. The number of hydrogen-bond acceptors (Lipinski definition) is 4. The number of amides is 1. The first kappa shape index (κ1) is 15.3. The third-order valence-corrected chi connectivity index (χ3v) is 2.80. The van der Waals surface area contributed by atoms with Crippen LogP contribution in [0.2, 0.25) is 0 Å². The number of carbonyl (C=O) groups excluding carboxylic acids is 1. The van der Waals surface area contributed by atoms with Crippen molar-refractivity contribution in [2.24, 2.45) is 5.73 Å². The molecule has 1 aromatic carbocycles. The van der Waals surface area contributed by atoms with Gasteiger partial charge in [0.15, 0.2) is 11.5 Å². The van der Waals surface area contributed by atoms with Crippen molar-refractivity contribution in [2.45, 2.75) is 25.8 Å². The molecule has 19 heavy (non-hydrogen) atoms. The molecule has 0 aliphatic heterocycles. The number of unbranched alkanes of at least 4 members (excludes halogenated alkanes) is 1. The average molecular weight is 266 g/mol. The molecular formula is C14H22N2O3. The molecular weight excluding hydrogens is 244 g/mol. The van der Waals surface area contributed by atoms with Crippen LogP contribution in [0, 0.1) is 0 Å². The molecule has 0 aliphatic rings. The maximum atomic E-state index is 11.6. The Labute approximate surface area is 114 Å². The van der Waals surface area contributed by atoms with E-state index in [1.165, 1.54) is 0 Å². The molecule has 1 rings (SSSR count). The van der Waals surface area contributed by atoms with Crippen molar-refractivity contribution in [1.29, 1.82) is 0 Å². The largest absolute Gasteiger partial charge is 0.493 e. The normalized spacial score (nSPS) is 10.1. The molecule has 0 bridgehead atoms. The van der Waals surface area contributed by atoms with E-state index in [0.29, 0.717) is 31.0 Å². The zero-order chi connectivity index (χ0) is 14.1. The van der Waals surface area contributed by atoms with Crippen molar-refractivity contribution < 1.29 is 14.3 Å². The van der Waals surface area contributed by atoms with Crippen LogP contribution in [0.15, 0.2) is 18.2 Å². The third kappa shape index (κ3) is 5.18. The smallest absolute Gasteiger partial charge is 0.220 e. The van der Waals surface area contributed by atoms with Gasteiger partial charge in [0.05, 0.1) is 14.2 Å². The maximum absolute atomic E-state index is 11.6. The predicted molar refractivity (Wildman–Crippen MR) is 74.3 cm³/mol. The van der Waals surface area contributed by atoms with E-state index in [1.807, 2.05) is 18.2 Å². The van der Waals surface area contributed by atoms with E-state index in [9.17, 15) is 4.79 Å². The number of carbonyl (C=O) groups is 1. The monoisotopic (exact) mass is 266 g/mol. The van der Waals surface area contributed by atoms with Crippen molar-refractivity contribution >= 4 is 5.91 Å². The lowest BCUT2D eigenvalue weighted by Crippen LogP contribution is -2.22. The summed E-state index contributed by atoms with van der Waals surface area (Å²) >= 11 is 0. The zero-order valence-corrected chi connectivity index (χ0v) is 11.6. The van der Waals surface area contributed by atoms with Crippen LogP contribution in [0.5, 0.6) is 11.5 Å². The van der Waals surface area contributed by atoms with Crippen LogP contribution < -0.4 is 20.5 Å². The van der Waals surface area contributed by atoms with Gasteiger partial charge in [-0.2, -0.15) is 0 Å². The van der Waals surface area contributed by atoms with Crippen molar-refractivity contribution in [2.75, 3.05) is 20.8 Å². The Morgan fingerprint density at radius 2 is 1.95 bits per heavy atom. The molecule has 106 valence electrons. The molecule has 0 spiro atoms. The van der Waals surface area contributed by atoms with E-state index in [2.05, 4.69) is 5.32 Å². The molecule has 0 aliphatic carbocycles. The van der Waals surface area contributed by atoms with Crippen molar-refractivity contribution in [3.63, 3.8) is 0 Å². The Hall–Kier alpha value is -1.75. The van der Waals surface area contributed by atoms with Gasteiger partial charge < -0.3 is 20.5 Å². The van der Waals surface area contributed by atoms with Crippen molar-refractivity contribution in [3.8, 4) is 11.5 Å². The molecule has 0 unspecified atom stereocenters. The molecule has 0 heterocycles. The lowest BCUT2D eigenvalue weighted by atomic mass is 10.2. The van der Waals surface area contributed by atoms with E-state index in [-0.39, 0.29) is 5.91 Å². The van der Waals surface area contributed by atoms with Crippen LogP contribution in [-0.2, 0) is 11.3 Å². The lowest BCUT2D eigenvalue weighted by Gasteiger charge is -2.10. The topological polar surface area (TPSA) is 73.6 Å². The van der Waals surface area contributed by atoms with Crippen LogP contribution in [0.4, 0.5) is 0 Å². The first-order chi connectivity index (χ1) is 9.21. The van der Waals surface area contributed by atoms with E-state index < -0.39 is 0 Å². The second kappa shape index (κ2) is 8.37. The maximum Gasteiger partial charge on any atom is 0.220 e. The predicted octanol–water partition coefficient (Wildman–Crippen LogP) is 1.45. The molecule has 0 saturated heterocycles. The number of rotatable bonds is 8. The summed E-state index contributed by atoms with van der Waals surface area (Å²) in [7, 11) is 3.18. The fraction of sp³-hybridized carbons (Fsp3) is 0.500. The Balaban J connectivity index is 2.47. The second-order valence-electron chi connectivity index (χ2n) is 4.21. The second-order valence-corrected chi connectivity index (χ2v) is 4.21. The van der Waals surface area contributed by atoms with Crippen LogP contribution >= 0.6 is 0 Å². The molecule has 0 saturated carbocycles. The van der Waals surface area contributed by atoms with Gasteiger partial charge in [0.2, 0.25) is 5.91 Å². The van der Waals surface area contributed by atoms with Gasteiger partial charge >= 0.3 is 0 Å². The van der Waals surface area contributed by atoms with Gasteiger partial charge in [0.1, 0.15) is 0 Å². The molecule has 0 radical (unpaired) electrons. The molecule has 1 amide bonds. The zero-order valence-electron chi connectivity index (χ0n) is 11.6. The van der Waals surface area contributed by atoms with E-state index in [1.54, 1.807) is 14.2 Å². The first-order valence-electron chi connectivity index (χ1n) is 6.39. The summed E-state index contributed by atoms with van der Waals surface area (Å²) in [5.74, 6) is 1.39. The summed E-state index contributed by atoms with van der Waals surface area (Å²) in [5, 5.41) is 2.87. The quantitative estimate of drug-likeness (QED) is 0.698. The molecule has 0 atom stereocenters. The minimum atomic E-state index is 0.0447. The number of methoxy groups -OCH3 is 2.